The van der Waals surface area contributed by atoms with Gasteiger partial charge < -0.3 is 10.5 Å². The summed E-state index contributed by atoms with van der Waals surface area (Å²) in [6.45, 7) is 2.62. The third-order valence-electron chi connectivity index (χ3n) is 3.09. The second-order valence-corrected chi connectivity index (χ2v) is 4.59. The zero-order valence-electron chi connectivity index (χ0n) is 11.7. The third-order valence-corrected chi connectivity index (χ3v) is 3.09. The summed E-state index contributed by atoms with van der Waals surface area (Å²) in [7, 11) is 3.60. The summed E-state index contributed by atoms with van der Waals surface area (Å²) < 4.78 is 7.09. The van der Waals surface area contributed by atoms with Crippen LogP contribution in [0.1, 0.15) is 22.8 Å². The van der Waals surface area contributed by atoms with Gasteiger partial charge in [0.2, 0.25) is 0 Å². The molecule has 2 rings (SSSR count). The van der Waals surface area contributed by atoms with Crippen LogP contribution in [0.2, 0.25) is 0 Å². The van der Waals surface area contributed by atoms with E-state index in [1.54, 1.807) is 7.11 Å². The van der Waals surface area contributed by atoms with Crippen molar-refractivity contribution in [1.29, 1.82) is 0 Å². The zero-order chi connectivity index (χ0) is 13.8. The first-order valence-corrected chi connectivity index (χ1v) is 6.36. The molecular formula is C14H20N4O. The first kappa shape index (κ1) is 13.5. The van der Waals surface area contributed by atoms with E-state index in [1.807, 2.05) is 24.7 Å². The molecule has 5 heteroatoms. The first-order valence-electron chi connectivity index (χ1n) is 6.36. The Morgan fingerprint density at radius 1 is 1.37 bits per heavy atom. The van der Waals surface area contributed by atoms with E-state index in [0.717, 1.165) is 35.8 Å². The zero-order valence-corrected chi connectivity index (χ0v) is 11.7. The Morgan fingerprint density at radius 2 is 2.16 bits per heavy atom. The Hall–Kier alpha value is -1.88. The molecule has 1 aromatic heterocycles. The van der Waals surface area contributed by atoms with Crippen LogP contribution in [0.25, 0.3) is 0 Å². The summed E-state index contributed by atoms with van der Waals surface area (Å²) in [4.78, 5) is 4.51. The van der Waals surface area contributed by atoms with E-state index in [9.17, 15) is 0 Å². The van der Waals surface area contributed by atoms with Gasteiger partial charge in [-0.2, -0.15) is 5.10 Å². The van der Waals surface area contributed by atoms with Crippen molar-refractivity contribution in [2.24, 2.45) is 12.8 Å². The van der Waals surface area contributed by atoms with Gasteiger partial charge in [-0.3, -0.25) is 4.68 Å². The summed E-state index contributed by atoms with van der Waals surface area (Å²) in [5.74, 6) is 2.67. The molecule has 19 heavy (non-hydrogen) atoms. The number of aryl methyl sites for hydroxylation is 2. The highest BCUT2D eigenvalue weighted by Gasteiger charge is 2.08. The molecule has 0 fully saturated rings. The molecule has 0 bridgehead atoms. The number of methoxy groups -OCH3 is 1. The average molecular weight is 260 g/mol. The predicted octanol–water partition coefficient (Wildman–Crippen LogP) is 1.22. The van der Waals surface area contributed by atoms with E-state index in [-0.39, 0.29) is 0 Å². The minimum absolute atomic E-state index is 0.575. The molecular weight excluding hydrogens is 240 g/mol. The summed E-state index contributed by atoms with van der Waals surface area (Å²) in [6, 6.07) is 6.17. The molecule has 0 saturated carbocycles. The molecule has 102 valence electrons. The van der Waals surface area contributed by atoms with Crippen LogP contribution in [0.4, 0.5) is 0 Å². The van der Waals surface area contributed by atoms with Crippen molar-refractivity contribution in [3.05, 3.63) is 41.0 Å². The first-order chi connectivity index (χ1) is 9.13. The molecule has 0 aliphatic rings. The number of hydrogen-bond acceptors (Lipinski definition) is 4. The fourth-order valence-corrected chi connectivity index (χ4v) is 2.10. The molecule has 0 atom stereocenters. The van der Waals surface area contributed by atoms with E-state index in [4.69, 9.17) is 10.5 Å². The largest absolute Gasteiger partial charge is 0.496 e. The number of hydrogen-bond donors (Lipinski definition) is 1. The van der Waals surface area contributed by atoms with Crippen molar-refractivity contribution in [3.63, 3.8) is 0 Å². The maximum absolute atomic E-state index is 5.52. The van der Waals surface area contributed by atoms with Gasteiger partial charge in [0.05, 0.1) is 7.11 Å². The number of aromatic nitrogens is 3. The quantitative estimate of drug-likeness (QED) is 0.878. The van der Waals surface area contributed by atoms with E-state index >= 15 is 0 Å². The van der Waals surface area contributed by atoms with Gasteiger partial charge in [0, 0.05) is 19.9 Å². The van der Waals surface area contributed by atoms with Crippen LogP contribution in [-0.2, 0) is 19.9 Å². The van der Waals surface area contributed by atoms with Gasteiger partial charge in [0.15, 0.2) is 5.82 Å². The van der Waals surface area contributed by atoms with Gasteiger partial charge in [0.25, 0.3) is 0 Å². The van der Waals surface area contributed by atoms with E-state index < -0.39 is 0 Å². The van der Waals surface area contributed by atoms with Gasteiger partial charge in [-0.05, 0) is 30.7 Å². The van der Waals surface area contributed by atoms with Crippen molar-refractivity contribution in [2.45, 2.75) is 19.8 Å². The smallest absolute Gasteiger partial charge is 0.152 e. The molecule has 0 aliphatic heterocycles. The number of rotatable bonds is 5. The fraction of sp³-hybridized carbons (Fsp3) is 0.429. The SMILES string of the molecule is COc1ccc(Cc2nc(CCN)nn2C)cc1C. The molecule has 0 spiro atoms. The second kappa shape index (κ2) is 5.84. The highest BCUT2D eigenvalue weighted by molar-refractivity contribution is 5.37. The van der Waals surface area contributed by atoms with Crippen LogP contribution in [-0.4, -0.2) is 28.4 Å². The van der Waals surface area contributed by atoms with Crippen LogP contribution < -0.4 is 10.5 Å². The molecule has 0 radical (unpaired) electrons. The standard InChI is InChI=1S/C14H20N4O/c1-10-8-11(4-5-12(10)19-3)9-14-16-13(6-7-15)17-18(14)2/h4-5,8H,6-7,9,15H2,1-3H3. The number of nitrogens with two attached hydrogens (primary N) is 1. The molecule has 2 N–H and O–H groups in total. The van der Waals surface area contributed by atoms with Crippen molar-refractivity contribution in [3.8, 4) is 5.75 Å². The van der Waals surface area contributed by atoms with Crippen LogP contribution in [0.3, 0.4) is 0 Å². The van der Waals surface area contributed by atoms with Crippen molar-refractivity contribution in [1.82, 2.24) is 14.8 Å². The van der Waals surface area contributed by atoms with Crippen molar-refractivity contribution < 1.29 is 4.74 Å². The molecule has 1 heterocycles. The van der Waals surface area contributed by atoms with Crippen molar-refractivity contribution >= 4 is 0 Å². The van der Waals surface area contributed by atoms with Crippen LogP contribution in [0.15, 0.2) is 18.2 Å². The molecule has 1 aromatic carbocycles. The molecule has 0 amide bonds. The van der Waals surface area contributed by atoms with Crippen LogP contribution in [0.5, 0.6) is 5.75 Å². The summed E-state index contributed by atoms with van der Waals surface area (Å²) in [5, 5.41) is 4.35. The highest BCUT2D eigenvalue weighted by atomic mass is 16.5. The highest BCUT2D eigenvalue weighted by Crippen LogP contribution is 2.19. The second-order valence-electron chi connectivity index (χ2n) is 4.59. The lowest BCUT2D eigenvalue weighted by molar-refractivity contribution is 0.411. The van der Waals surface area contributed by atoms with Gasteiger partial charge in [-0.1, -0.05) is 12.1 Å². The lowest BCUT2D eigenvalue weighted by Gasteiger charge is -2.07. The summed E-state index contributed by atoms with van der Waals surface area (Å²) in [5.41, 5.74) is 7.85. The predicted molar refractivity (Wildman–Crippen MR) is 74.3 cm³/mol. The maximum Gasteiger partial charge on any atom is 0.152 e. The Balaban J connectivity index is 2.18. The fourth-order valence-electron chi connectivity index (χ4n) is 2.10. The van der Waals surface area contributed by atoms with Crippen LogP contribution >= 0.6 is 0 Å². The molecule has 2 aromatic rings. The topological polar surface area (TPSA) is 66.0 Å². The summed E-state index contributed by atoms with van der Waals surface area (Å²) >= 11 is 0. The third kappa shape index (κ3) is 3.12. The lowest BCUT2D eigenvalue weighted by atomic mass is 10.1. The van der Waals surface area contributed by atoms with Gasteiger partial charge in [-0.15, -0.1) is 0 Å². The number of ether oxygens (including phenoxy) is 1. The minimum Gasteiger partial charge on any atom is -0.496 e. The van der Waals surface area contributed by atoms with Gasteiger partial charge in [-0.25, -0.2) is 4.98 Å². The maximum atomic E-state index is 5.52. The monoisotopic (exact) mass is 260 g/mol. The Labute approximate surface area is 113 Å². The minimum atomic E-state index is 0.575. The molecule has 0 unspecified atom stereocenters. The molecule has 5 nitrogen and oxygen atoms in total. The number of nitrogens with zero attached hydrogens (tertiary/aromatic N) is 3. The van der Waals surface area contributed by atoms with Crippen LogP contribution in [0, 0.1) is 6.92 Å². The average Bonchev–Trinajstić information content (AvgIpc) is 2.70. The van der Waals surface area contributed by atoms with E-state index in [2.05, 4.69) is 22.2 Å². The number of benzene rings is 1. The van der Waals surface area contributed by atoms with Crippen molar-refractivity contribution in [2.75, 3.05) is 13.7 Å². The van der Waals surface area contributed by atoms with E-state index in [0.29, 0.717) is 6.54 Å². The summed E-state index contributed by atoms with van der Waals surface area (Å²) in [6.07, 6.45) is 1.48. The Bertz CT molecular complexity index is 563. The Morgan fingerprint density at radius 3 is 2.79 bits per heavy atom. The van der Waals surface area contributed by atoms with E-state index in [1.165, 1.54) is 5.56 Å². The Kier molecular flexibility index (Phi) is 4.16. The lowest BCUT2D eigenvalue weighted by Crippen LogP contribution is -2.04. The van der Waals surface area contributed by atoms with Gasteiger partial charge >= 0.3 is 0 Å². The molecule has 0 aliphatic carbocycles. The molecule has 0 saturated heterocycles. The van der Waals surface area contributed by atoms with Gasteiger partial charge in [0.1, 0.15) is 11.6 Å². The normalized spacial score (nSPS) is 10.7.